The normalized spacial score (nSPS) is 17.8. The molecule has 1 saturated heterocycles. The number of likely N-dealkylation sites (tertiary alicyclic amines) is 1. The molecule has 1 atom stereocenters. The van der Waals surface area contributed by atoms with Crippen molar-refractivity contribution < 1.29 is 19.4 Å². The minimum absolute atomic E-state index is 0.0361. The van der Waals surface area contributed by atoms with Gasteiger partial charge >= 0.3 is 12.1 Å². The van der Waals surface area contributed by atoms with E-state index in [4.69, 9.17) is 9.84 Å². The maximum absolute atomic E-state index is 12.9. The van der Waals surface area contributed by atoms with Crippen LogP contribution in [-0.4, -0.2) is 46.7 Å². The van der Waals surface area contributed by atoms with Gasteiger partial charge in [-0.05, 0) is 35.1 Å². The fraction of sp³-hybridized carbons (Fsp3) is 0.292. The number of fused-ring (bicyclic) bond motifs is 3. The number of benzene rings is 2. The Morgan fingerprint density at radius 3 is 2.42 bits per heavy atom. The van der Waals surface area contributed by atoms with Crippen LogP contribution in [-0.2, 0) is 4.74 Å². The average molecular weight is 435 g/mol. The van der Waals surface area contributed by atoms with Gasteiger partial charge < -0.3 is 14.7 Å². The van der Waals surface area contributed by atoms with Gasteiger partial charge in [-0.25, -0.2) is 14.6 Å². The first-order valence-electron chi connectivity index (χ1n) is 10.4. The third kappa shape index (κ3) is 3.70. The lowest BCUT2D eigenvalue weighted by molar-refractivity contribution is 0.0689. The first kappa shape index (κ1) is 19.8. The van der Waals surface area contributed by atoms with E-state index in [0.29, 0.717) is 19.7 Å². The van der Waals surface area contributed by atoms with Crippen LogP contribution in [0.2, 0.25) is 0 Å². The standard InChI is InChI=1S/C24H22N2O4S/c27-23(28)21-14-31-22(25-21)15-6-5-11-26(12-15)24(29)30-13-20-18-9-3-1-7-16(18)17-8-2-4-10-19(17)20/h1-4,7-10,14-15,20H,5-6,11-13H2,(H,27,28). The second-order valence-electron chi connectivity index (χ2n) is 7.97. The Labute approximate surface area is 184 Å². The van der Waals surface area contributed by atoms with Gasteiger partial charge in [-0.15, -0.1) is 11.3 Å². The Bertz CT molecular complexity index is 1100. The zero-order valence-electron chi connectivity index (χ0n) is 16.9. The second-order valence-corrected chi connectivity index (χ2v) is 8.85. The highest BCUT2D eigenvalue weighted by Crippen LogP contribution is 2.44. The fourth-order valence-corrected chi connectivity index (χ4v) is 5.52. The van der Waals surface area contributed by atoms with Gasteiger partial charge in [0.2, 0.25) is 0 Å². The average Bonchev–Trinajstić information content (AvgIpc) is 3.42. The first-order valence-corrected chi connectivity index (χ1v) is 11.3. The molecule has 7 heteroatoms. The van der Waals surface area contributed by atoms with Crippen LogP contribution >= 0.6 is 11.3 Å². The topological polar surface area (TPSA) is 79.7 Å². The summed E-state index contributed by atoms with van der Waals surface area (Å²) >= 11 is 1.35. The van der Waals surface area contributed by atoms with Gasteiger partial charge in [0.1, 0.15) is 6.61 Å². The predicted molar refractivity (Wildman–Crippen MR) is 118 cm³/mol. The highest BCUT2D eigenvalue weighted by Gasteiger charge is 2.31. The number of carbonyl (C=O) groups excluding carboxylic acids is 1. The van der Waals surface area contributed by atoms with Crippen molar-refractivity contribution >= 4 is 23.4 Å². The van der Waals surface area contributed by atoms with Crippen LogP contribution < -0.4 is 0 Å². The lowest BCUT2D eigenvalue weighted by Gasteiger charge is -2.31. The van der Waals surface area contributed by atoms with Crippen molar-refractivity contribution in [1.29, 1.82) is 0 Å². The molecule has 0 saturated carbocycles. The van der Waals surface area contributed by atoms with E-state index in [1.165, 1.54) is 33.6 Å². The number of ether oxygens (including phenoxy) is 1. The van der Waals surface area contributed by atoms with E-state index >= 15 is 0 Å². The summed E-state index contributed by atoms with van der Waals surface area (Å²) in [6.45, 7) is 1.45. The Kier molecular flexibility index (Phi) is 5.19. The maximum atomic E-state index is 12.9. The molecule has 0 bridgehead atoms. The highest BCUT2D eigenvalue weighted by atomic mass is 32.1. The van der Waals surface area contributed by atoms with Crippen LogP contribution in [0.1, 0.15) is 51.3 Å². The molecule has 1 unspecified atom stereocenters. The van der Waals surface area contributed by atoms with E-state index in [9.17, 15) is 9.59 Å². The molecule has 6 nitrogen and oxygen atoms in total. The van der Waals surface area contributed by atoms with Crippen molar-refractivity contribution in [1.82, 2.24) is 9.88 Å². The summed E-state index contributed by atoms with van der Waals surface area (Å²) in [5.74, 6) is -0.937. The number of aromatic carboxylic acids is 1. The number of hydrogen-bond acceptors (Lipinski definition) is 5. The molecule has 2 heterocycles. The molecule has 31 heavy (non-hydrogen) atoms. The molecule has 1 aromatic heterocycles. The summed E-state index contributed by atoms with van der Waals surface area (Å²) in [5, 5.41) is 11.4. The van der Waals surface area contributed by atoms with Crippen molar-refractivity contribution in [2.75, 3.05) is 19.7 Å². The van der Waals surface area contributed by atoms with Crippen molar-refractivity contribution in [3.8, 4) is 11.1 Å². The molecule has 1 aliphatic carbocycles. The molecule has 0 spiro atoms. The summed E-state index contributed by atoms with van der Waals surface area (Å²) < 4.78 is 5.78. The summed E-state index contributed by atoms with van der Waals surface area (Å²) in [7, 11) is 0. The summed E-state index contributed by atoms with van der Waals surface area (Å²) in [5.41, 5.74) is 4.86. The van der Waals surface area contributed by atoms with Gasteiger partial charge in [0.15, 0.2) is 5.69 Å². The van der Waals surface area contributed by atoms with E-state index in [0.717, 1.165) is 17.8 Å². The number of amides is 1. The molecule has 2 aromatic carbocycles. The van der Waals surface area contributed by atoms with Crippen LogP contribution in [0.5, 0.6) is 0 Å². The van der Waals surface area contributed by atoms with Crippen molar-refractivity contribution in [2.45, 2.75) is 24.7 Å². The molecule has 3 aromatic rings. The molecule has 0 radical (unpaired) electrons. The van der Waals surface area contributed by atoms with Crippen molar-refractivity contribution in [3.63, 3.8) is 0 Å². The van der Waals surface area contributed by atoms with Gasteiger partial charge in [0.25, 0.3) is 0 Å². The zero-order valence-corrected chi connectivity index (χ0v) is 17.7. The number of piperidine rings is 1. The number of hydrogen-bond donors (Lipinski definition) is 1. The number of rotatable bonds is 4. The van der Waals surface area contributed by atoms with E-state index in [1.54, 1.807) is 10.3 Å². The molecule has 1 amide bonds. The van der Waals surface area contributed by atoms with Crippen LogP contribution in [0.3, 0.4) is 0 Å². The Hall–Kier alpha value is -3.19. The maximum Gasteiger partial charge on any atom is 0.409 e. The highest BCUT2D eigenvalue weighted by molar-refractivity contribution is 7.09. The quantitative estimate of drug-likeness (QED) is 0.627. The van der Waals surface area contributed by atoms with Crippen LogP contribution in [0.25, 0.3) is 11.1 Å². The van der Waals surface area contributed by atoms with Gasteiger partial charge in [0.05, 0.1) is 5.01 Å². The third-order valence-corrected chi connectivity index (χ3v) is 7.11. The number of carboxylic acid groups (broad SMARTS) is 1. The monoisotopic (exact) mass is 434 g/mol. The van der Waals surface area contributed by atoms with Gasteiger partial charge in [-0.1, -0.05) is 48.5 Å². The summed E-state index contributed by atoms with van der Waals surface area (Å²) in [4.78, 5) is 29.9. The summed E-state index contributed by atoms with van der Waals surface area (Å²) in [6, 6.07) is 16.6. The van der Waals surface area contributed by atoms with Crippen LogP contribution in [0, 0.1) is 0 Å². The molecule has 1 N–H and O–H groups in total. The number of thiazole rings is 1. The molecule has 2 aliphatic rings. The lowest BCUT2D eigenvalue weighted by atomic mass is 9.98. The van der Waals surface area contributed by atoms with Gasteiger partial charge in [-0.3, -0.25) is 0 Å². The van der Waals surface area contributed by atoms with Crippen LogP contribution in [0.4, 0.5) is 4.79 Å². The van der Waals surface area contributed by atoms with Gasteiger partial charge in [-0.2, -0.15) is 0 Å². The molecule has 1 aliphatic heterocycles. The smallest absolute Gasteiger partial charge is 0.409 e. The van der Waals surface area contributed by atoms with Crippen LogP contribution in [0.15, 0.2) is 53.9 Å². The van der Waals surface area contributed by atoms with Gasteiger partial charge in [0, 0.05) is 30.3 Å². The minimum atomic E-state index is -1.02. The minimum Gasteiger partial charge on any atom is -0.476 e. The molecular weight excluding hydrogens is 412 g/mol. The van der Waals surface area contributed by atoms with Crippen molar-refractivity contribution in [2.24, 2.45) is 0 Å². The fourth-order valence-electron chi connectivity index (χ4n) is 4.60. The van der Waals surface area contributed by atoms with E-state index < -0.39 is 5.97 Å². The Balaban J connectivity index is 1.27. The lowest BCUT2D eigenvalue weighted by Crippen LogP contribution is -2.39. The van der Waals surface area contributed by atoms with E-state index in [-0.39, 0.29) is 23.6 Å². The zero-order chi connectivity index (χ0) is 21.4. The molecular formula is C24H22N2O4S. The molecule has 1 fully saturated rings. The third-order valence-electron chi connectivity index (χ3n) is 6.11. The van der Waals surface area contributed by atoms with Crippen molar-refractivity contribution in [3.05, 3.63) is 75.7 Å². The largest absolute Gasteiger partial charge is 0.476 e. The number of carbonyl (C=O) groups is 2. The SMILES string of the molecule is O=C(O)c1csc(C2CCCN(C(=O)OCC3c4ccccc4-c4ccccc43)C2)n1. The van der Waals surface area contributed by atoms with E-state index in [1.807, 2.05) is 24.3 Å². The van der Waals surface area contributed by atoms with E-state index in [2.05, 4.69) is 29.2 Å². The number of aromatic nitrogens is 1. The first-order chi connectivity index (χ1) is 15.1. The predicted octanol–water partition coefficient (Wildman–Crippen LogP) is 4.97. The molecule has 5 rings (SSSR count). The summed E-state index contributed by atoms with van der Waals surface area (Å²) in [6.07, 6.45) is 1.41. The number of nitrogens with zero attached hydrogens (tertiary/aromatic N) is 2. The molecule has 158 valence electrons. The number of carboxylic acids is 1. The second kappa shape index (κ2) is 8.15. The Morgan fingerprint density at radius 2 is 1.77 bits per heavy atom. The Morgan fingerprint density at radius 1 is 1.10 bits per heavy atom.